The first-order valence-corrected chi connectivity index (χ1v) is 10.2. The van der Waals surface area contributed by atoms with E-state index in [2.05, 4.69) is 5.10 Å². The molecule has 1 aromatic heterocycles. The molecule has 0 saturated heterocycles. The van der Waals surface area contributed by atoms with E-state index < -0.39 is 34.5 Å². The van der Waals surface area contributed by atoms with Crippen LogP contribution in [0.15, 0.2) is 48.7 Å². The Balaban J connectivity index is 1.19. The first kappa shape index (κ1) is 19.1. The summed E-state index contributed by atoms with van der Waals surface area (Å²) in [6, 6.07) is 10.6. The number of alkyl halides is 2. The molecule has 7 rings (SSSR count). The molecule has 162 valence electrons. The summed E-state index contributed by atoms with van der Waals surface area (Å²) in [5, 5.41) is 5.15. The average Bonchev–Trinajstić information content (AvgIpc) is 3.19. The molecule has 0 N–H and O–H groups in total. The van der Waals surface area contributed by atoms with Crippen molar-refractivity contribution in [1.29, 1.82) is 0 Å². The molecule has 4 aliphatic rings. The minimum Gasteiger partial charge on any atom is -0.329 e. The molecule has 2 amide bonds. The Morgan fingerprint density at radius 2 is 1.69 bits per heavy atom. The number of hydroxylamine groups is 2. The van der Waals surface area contributed by atoms with Gasteiger partial charge < -0.3 is 4.84 Å². The number of aryl methyl sites for hydroxylation is 1. The fourth-order valence-corrected chi connectivity index (χ4v) is 5.43. The zero-order chi connectivity index (χ0) is 22.5. The quantitative estimate of drug-likeness (QED) is 0.583. The second-order valence-corrected chi connectivity index (χ2v) is 9.04. The number of nitrogens with zero attached hydrogens (tertiary/aromatic N) is 3. The molecule has 3 fully saturated rings. The summed E-state index contributed by atoms with van der Waals surface area (Å²) in [6.45, 7) is 0. The van der Waals surface area contributed by atoms with E-state index in [1.807, 2.05) is 0 Å². The molecular formula is C23H17F2N3O4. The lowest BCUT2D eigenvalue weighted by atomic mass is 9.33. The second kappa shape index (κ2) is 5.79. The summed E-state index contributed by atoms with van der Waals surface area (Å²) >= 11 is 0. The van der Waals surface area contributed by atoms with Crippen molar-refractivity contribution in [2.24, 2.45) is 17.9 Å². The van der Waals surface area contributed by atoms with Crippen LogP contribution in [0.5, 0.6) is 0 Å². The van der Waals surface area contributed by atoms with E-state index in [1.165, 1.54) is 30.5 Å². The lowest BCUT2D eigenvalue weighted by Crippen LogP contribution is -2.71. The van der Waals surface area contributed by atoms with E-state index in [4.69, 9.17) is 4.84 Å². The monoisotopic (exact) mass is 437 g/mol. The van der Waals surface area contributed by atoms with E-state index in [0.717, 1.165) is 5.52 Å². The van der Waals surface area contributed by atoms with Crippen LogP contribution in [0.3, 0.4) is 0 Å². The molecular weight excluding hydrogens is 420 g/mol. The number of carbonyl (C=O) groups is 3. The largest absolute Gasteiger partial charge is 0.339 e. The molecule has 2 heterocycles. The van der Waals surface area contributed by atoms with E-state index in [-0.39, 0.29) is 36.0 Å². The first-order valence-electron chi connectivity index (χ1n) is 10.2. The van der Waals surface area contributed by atoms with Gasteiger partial charge in [0.1, 0.15) is 0 Å². The SMILES string of the molecule is Cn1ncc2cc(C(F)(F)C34CC(C(=O)ON5C(=O)c6ccccc6C5=O)(C3)C4)ccc21. The van der Waals surface area contributed by atoms with Crippen molar-refractivity contribution >= 4 is 28.7 Å². The molecule has 3 saturated carbocycles. The highest BCUT2D eigenvalue weighted by Gasteiger charge is 2.81. The normalized spacial score (nSPS) is 26.0. The van der Waals surface area contributed by atoms with Crippen LogP contribution in [-0.4, -0.2) is 32.6 Å². The summed E-state index contributed by atoms with van der Waals surface area (Å²) in [7, 11) is 1.74. The number of aromatic nitrogens is 2. The third-order valence-corrected chi connectivity index (χ3v) is 7.17. The fraction of sp³-hybridized carbons (Fsp3) is 0.304. The number of amides is 2. The summed E-state index contributed by atoms with van der Waals surface area (Å²) < 4.78 is 32.4. The van der Waals surface area contributed by atoms with Gasteiger partial charge in [-0.05, 0) is 43.5 Å². The minimum absolute atomic E-state index is 0.0555. The van der Waals surface area contributed by atoms with Gasteiger partial charge in [0.2, 0.25) is 0 Å². The van der Waals surface area contributed by atoms with Gasteiger partial charge in [0.05, 0.1) is 28.3 Å². The Morgan fingerprint density at radius 1 is 1.06 bits per heavy atom. The standard InChI is InChI=1S/C23H17F2N3O4/c1-27-17-7-6-14(8-13(17)9-26-27)23(24,25)22-10-21(11-22,12-22)20(31)32-28-18(29)15-4-2-3-5-16(15)19(28)30/h2-9H,10-12H2,1H3. The molecule has 3 aliphatic carbocycles. The zero-order valence-corrected chi connectivity index (χ0v) is 17.0. The van der Waals surface area contributed by atoms with Crippen LogP contribution in [0.4, 0.5) is 8.78 Å². The van der Waals surface area contributed by atoms with E-state index in [0.29, 0.717) is 10.4 Å². The van der Waals surface area contributed by atoms with Crippen LogP contribution >= 0.6 is 0 Å². The van der Waals surface area contributed by atoms with Gasteiger partial charge in [-0.1, -0.05) is 23.3 Å². The predicted octanol–water partition coefficient (Wildman–Crippen LogP) is 3.59. The number of fused-ring (bicyclic) bond motifs is 2. The van der Waals surface area contributed by atoms with Crippen LogP contribution in [-0.2, 0) is 22.6 Å². The third kappa shape index (κ3) is 2.18. The maximum absolute atomic E-state index is 15.4. The topological polar surface area (TPSA) is 81.5 Å². The summed E-state index contributed by atoms with van der Waals surface area (Å²) in [6.07, 6.45) is 1.37. The lowest BCUT2D eigenvalue weighted by molar-refractivity contribution is -0.321. The number of hydrogen-bond donors (Lipinski definition) is 0. The number of halogens is 2. The number of benzene rings is 2. The number of imide groups is 1. The van der Waals surface area contributed by atoms with Crippen LogP contribution in [0.2, 0.25) is 0 Å². The number of rotatable bonds is 4. The molecule has 9 heteroatoms. The number of carbonyl (C=O) groups excluding carboxylic acids is 3. The van der Waals surface area contributed by atoms with Gasteiger partial charge in [0, 0.05) is 23.4 Å². The van der Waals surface area contributed by atoms with Crippen LogP contribution in [0.25, 0.3) is 10.9 Å². The molecule has 32 heavy (non-hydrogen) atoms. The third-order valence-electron chi connectivity index (χ3n) is 7.17. The van der Waals surface area contributed by atoms with Gasteiger partial charge in [-0.25, -0.2) is 13.6 Å². The second-order valence-electron chi connectivity index (χ2n) is 9.04. The van der Waals surface area contributed by atoms with Gasteiger partial charge >= 0.3 is 5.97 Å². The Kier molecular flexibility index (Phi) is 3.45. The molecule has 2 bridgehead atoms. The smallest absolute Gasteiger partial charge is 0.329 e. The Labute approximate surface area is 180 Å². The average molecular weight is 437 g/mol. The summed E-state index contributed by atoms with van der Waals surface area (Å²) in [5.41, 5.74) is -1.47. The van der Waals surface area contributed by atoms with Crippen molar-refractivity contribution in [3.05, 3.63) is 65.4 Å². The summed E-state index contributed by atoms with van der Waals surface area (Å²) in [4.78, 5) is 42.7. The molecule has 3 aromatic rings. The van der Waals surface area contributed by atoms with Gasteiger partial charge in [-0.3, -0.25) is 14.3 Å². The molecule has 0 spiro atoms. The van der Waals surface area contributed by atoms with Crippen molar-refractivity contribution in [3.63, 3.8) is 0 Å². The maximum Gasteiger partial charge on any atom is 0.339 e. The molecule has 2 aromatic carbocycles. The molecule has 0 radical (unpaired) electrons. The molecule has 7 nitrogen and oxygen atoms in total. The van der Waals surface area contributed by atoms with E-state index >= 15 is 8.78 Å². The van der Waals surface area contributed by atoms with Crippen LogP contribution < -0.4 is 0 Å². The highest BCUT2D eigenvalue weighted by atomic mass is 19.3. The van der Waals surface area contributed by atoms with Gasteiger partial charge in [0.15, 0.2) is 0 Å². The maximum atomic E-state index is 15.4. The van der Waals surface area contributed by atoms with Crippen molar-refractivity contribution < 1.29 is 28.0 Å². The lowest BCUT2D eigenvalue weighted by Gasteiger charge is -2.70. The Morgan fingerprint density at radius 3 is 2.31 bits per heavy atom. The van der Waals surface area contributed by atoms with Crippen molar-refractivity contribution in [2.45, 2.75) is 25.2 Å². The van der Waals surface area contributed by atoms with Crippen LogP contribution in [0, 0.1) is 10.8 Å². The molecule has 0 atom stereocenters. The zero-order valence-electron chi connectivity index (χ0n) is 17.0. The van der Waals surface area contributed by atoms with Crippen molar-refractivity contribution in [1.82, 2.24) is 14.8 Å². The fourth-order valence-electron chi connectivity index (χ4n) is 5.43. The van der Waals surface area contributed by atoms with Gasteiger partial charge in [0.25, 0.3) is 17.7 Å². The summed E-state index contributed by atoms with van der Waals surface area (Å²) in [5.74, 6) is -5.40. The van der Waals surface area contributed by atoms with Crippen molar-refractivity contribution in [2.75, 3.05) is 0 Å². The Hall–Kier alpha value is -3.62. The highest BCUT2D eigenvalue weighted by Crippen LogP contribution is 2.80. The Bertz CT molecular complexity index is 1310. The van der Waals surface area contributed by atoms with Crippen molar-refractivity contribution in [3.8, 4) is 0 Å². The predicted molar refractivity (Wildman–Crippen MR) is 106 cm³/mol. The van der Waals surface area contributed by atoms with E-state index in [9.17, 15) is 14.4 Å². The van der Waals surface area contributed by atoms with Gasteiger partial charge in [-0.2, -0.15) is 5.10 Å². The molecule has 1 aliphatic heterocycles. The van der Waals surface area contributed by atoms with Gasteiger partial charge in [-0.15, -0.1) is 0 Å². The van der Waals surface area contributed by atoms with E-state index in [1.54, 1.807) is 29.9 Å². The van der Waals surface area contributed by atoms with Crippen LogP contribution in [0.1, 0.15) is 45.5 Å². The molecule has 0 unspecified atom stereocenters. The number of hydrogen-bond acceptors (Lipinski definition) is 5. The highest BCUT2D eigenvalue weighted by molar-refractivity contribution is 6.21. The first-order chi connectivity index (χ1) is 15.2. The minimum atomic E-state index is -3.13.